The van der Waals surface area contributed by atoms with Gasteiger partial charge in [-0.25, -0.2) is 8.42 Å². The summed E-state index contributed by atoms with van der Waals surface area (Å²) in [5.41, 5.74) is 0. The fraction of sp³-hybridized carbons (Fsp3) is 0.250. The normalized spacial score (nSPS) is 11.1. The van der Waals surface area contributed by atoms with E-state index in [2.05, 4.69) is 15.1 Å². The maximum atomic E-state index is 12.4. The van der Waals surface area contributed by atoms with E-state index >= 15 is 0 Å². The zero-order chi connectivity index (χ0) is 16.2. The van der Waals surface area contributed by atoms with Crippen LogP contribution in [0.2, 0.25) is 0 Å². The van der Waals surface area contributed by atoms with E-state index in [0.717, 1.165) is 0 Å². The third-order valence-corrected chi connectivity index (χ3v) is 4.43. The van der Waals surface area contributed by atoms with E-state index in [4.69, 9.17) is 4.74 Å². The van der Waals surface area contributed by atoms with Crippen LogP contribution in [0.1, 0.15) is 6.42 Å². The molecule has 22 heavy (non-hydrogen) atoms. The van der Waals surface area contributed by atoms with Gasteiger partial charge in [0, 0.05) is 7.05 Å². The Labute approximate surface area is 125 Å². The van der Waals surface area contributed by atoms with Gasteiger partial charge < -0.3 is 15.3 Å². The maximum Gasteiger partial charge on any atom is 0.414 e. The third-order valence-electron chi connectivity index (χ3n) is 2.70. The monoisotopic (exact) mass is 327 g/mol. The summed E-state index contributed by atoms with van der Waals surface area (Å²) in [6.45, 7) is -0.149. The SMILES string of the molecule is CNC(=O)CCOc1no[n+]([O-])c1S(=O)(=O)c1ccccc1. The zero-order valence-corrected chi connectivity index (χ0v) is 12.4. The second-order valence-electron chi connectivity index (χ2n) is 4.13. The van der Waals surface area contributed by atoms with E-state index in [0.29, 0.717) is 0 Å². The summed E-state index contributed by atoms with van der Waals surface area (Å²) in [6, 6.07) is 7.33. The van der Waals surface area contributed by atoms with Crippen molar-refractivity contribution in [3.05, 3.63) is 35.5 Å². The van der Waals surface area contributed by atoms with Gasteiger partial charge in [0.1, 0.15) is 6.61 Å². The smallest absolute Gasteiger partial charge is 0.414 e. The Hall–Kier alpha value is -2.62. The van der Waals surface area contributed by atoms with Crippen molar-refractivity contribution in [2.24, 2.45) is 0 Å². The molecule has 0 spiro atoms. The molecule has 9 nitrogen and oxygen atoms in total. The molecule has 1 heterocycles. The minimum atomic E-state index is -4.14. The van der Waals surface area contributed by atoms with Crippen molar-refractivity contribution in [1.82, 2.24) is 10.5 Å². The quantitative estimate of drug-likeness (QED) is 0.719. The molecular weight excluding hydrogens is 314 g/mol. The summed E-state index contributed by atoms with van der Waals surface area (Å²) in [7, 11) is -2.69. The molecule has 2 rings (SSSR count). The first kappa shape index (κ1) is 15.8. The van der Waals surface area contributed by atoms with Crippen molar-refractivity contribution in [2.75, 3.05) is 13.7 Å². The number of benzene rings is 1. The lowest BCUT2D eigenvalue weighted by Crippen LogP contribution is -2.31. The van der Waals surface area contributed by atoms with Crippen LogP contribution in [0.5, 0.6) is 5.88 Å². The Balaban J connectivity index is 2.28. The highest BCUT2D eigenvalue weighted by atomic mass is 32.2. The highest BCUT2D eigenvalue weighted by Gasteiger charge is 2.35. The van der Waals surface area contributed by atoms with Gasteiger partial charge in [-0.2, -0.15) is 0 Å². The molecule has 1 amide bonds. The molecule has 10 heteroatoms. The molecule has 0 aliphatic carbocycles. The molecule has 0 radical (unpaired) electrons. The van der Waals surface area contributed by atoms with Crippen LogP contribution in [0.4, 0.5) is 0 Å². The Kier molecular flexibility index (Phi) is 4.61. The second-order valence-corrected chi connectivity index (χ2v) is 5.99. The molecule has 1 aromatic carbocycles. The van der Waals surface area contributed by atoms with Crippen LogP contribution in [0.25, 0.3) is 0 Å². The largest absolute Gasteiger partial charge is 0.454 e. The van der Waals surface area contributed by atoms with Gasteiger partial charge in [0.2, 0.25) is 5.91 Å². The topological polar surface area (TPSA) is 125 Å². The minimum Gasteiger partial charge on any atom is -0.454 e. The first-order chi connectivity index (χ1) is 10.5. The van der Waals surface area contributed by atoms with Crippen molar-refractivity contribution in [3.8, 4) is 5.88 Å². The van der Waals surface area contributed by atoms with E-state index in [-0.39, 0.29) is 28.7 Å². The first-order valence-corrected chi connectivity index (χ1v) is 7.68. The number of rotatable bonds is 6. The lowest BCUT2D eigenvalue weighted by Gasteiger charge is -2.03. The molecule has 0 atom stereocenters. The van der Waals surface area contributed by atoms with E-state index in [9.17, 15) is 18.4 Å². The lowest BCUT2D eigenvalue weighted by molar-refractivity contribution is -0.832. The number of carbonyl (C=O) groups excluding carboxylic acids is 1. The molecule has 0 aliphatic heterocycles. The number of carbonyl (C=O) groups is 1. The fourth-order valence-electron chi connectivity index (χ4n) is 1.61. The van der Waals surface area contributed by atoms with Crippen LogP contribution >= 0.6 is 0 Å². The Morgan fingerprint density at radius 2 is 2.09 bits per heavy atom. The van der Waals surface area contributed by atoms with E-state index in [1.54, 1.807) is 6.07 Å². The standard InChI is InChI=1S/C12H13N3O6S/c1-13-10(16)7-8-20-11-12(15(17)21-14-11)22(18,19)9-5-3-2-4-6-9/h2-6H,7-8H2,1H3,(H,13,16). The number of ether oxygens (including phenoxy) is 1. The first-order valence-electron chi connectivity index (χ1n) is 6.20. The average Bonchev–Trinajstić information content (AvgIpc) is 2.89. The van der Waals surface area contributed by atoms with Crippen molar-refractivity contribution >= 4 is 15.7 Å². The summed E-state index contributed by atoms with van der Waals surface area (Å²) < 4.78 is 34.2. The van der Waals surface area contributed by atoms with E-state index in [1.807, 2.05) is 0 Å². The van der Waals surface area contributed by atoms with Gasteiger partial charge in [-0.3, -0.25) is 9.42 Å². The van der Waals surface area contributed by atoms with Gasteiger partial charge >= 0.3 is 10.9 Å². The molecule has 1 N–H and O–H groups in total. The Bertz CT molecular complexity index is 756. The number of nitrogens with zero attached hydrogens (tertiary/aromatic N) is 2. The Morgan fingerprint density at radius 3 is 2.73 bits per heavy atom. The third kappa shape index (κ3) is 3.17. The summed E-state index contributed by atoms with van der Waals surface area (Å²) in [4.78, 5) is 10.8. The average molecular weight is 327 g/mol. The number of sulfone groups is 1. The molecule has 0 fully saturated rings. The van der Waals surface area contributed by atoms with Gasteiger partial charge in [-0.15, -0.1) is 0 Å². The van der Waals surface area contributed by atoms with E-state index < -0.39 is 20.7 Å². The fourth-order valence-corrected chi connectivity index (χ4v) is 2.90. The van der Waals surface area contributed by atoms with Crippen molar-refractivity contribution in [2.45, 2.75) is 16.3 Å². The van der Waals surface area contributed by atoms with Crippen LogP contribution in [0.15, 0.2) is 44.9 Å². The van der Waals surface area contributed by atoms with Gasteiger partial charge in [-0.05, 0) is 17.0 Å². The summed E-state index contributed by atoms with van der Waals surface area (Å²) in [5, 5.41) is 16.5. The summed E-state index contributed by atoms with van der Waals surface area (Å²) in [6.07, 6.45) is -0.0208. The molecular formula is C12H13N3O6S. The molecule has 0 bridgehead atoms. The van der Waals surface area contributed by atoms with E-state index in [1.165, 1.54) is 31.3 Å². The lowest BCUT2D eigenvalue weighted by atomic mass is 10.4. The number of hydrogen-bond donors (Lipinski definition) is 1. The molecule has 0 aliphatic rings. The van der Waals surface area contributed by atoms with Crippen LogP contribution in [-0.2, 0) is 14.6 Å². The van der Waals surface area contributed by atoms with Gasteiger partial charge in [-0.1, -0.05) is 18.2 Å². The number of hydrogen-bond acceptors (Lipinski definition) is 7. The molecule has 118 valence electrons. The van der Waals surface area contributed by atoms with Crippen LogP contribution in [0, 0.1) is 5.21 Å². The highest BCUT2D eigenvalue weighted by molar-refractivity contribution is 7.91. The second kappa shape index (κ2) is 6.43. The minimum absolute atomic E-state index is 0.0208. The van der Waals surface area contributed by atoms with Crippen molar-refractivity contribution in [3.63, 3.8) is 0 Å². The molecule has 2 aromatic rings. The van der Waals surface area contributed by atoms with Crippen LogP contribution in [0.3, 0.4) is 0 Å². The van der Waals surface area contributed by atoms with Crippen molar-refractivity contribution in [1.29, 1.82) is 0 Å². The Morgan fingerprint density at radius 1 is 1.41 bits per heavy atom. The van der Waals surface area contributed by atoms with Gasteiger partial charge in [0.25, 0.3) is 9.84 Å². The van der Waals surface area contributed by atoms with Gasteiger partial charge in [0.05, 0.1) is 16.5 Å². The zero-order valence-electron chi connectivity index (χ0n) is 11.6. The molecule has 1 aromatic heterocycles. The highest BCUT2D eigenvalue weighted by Crippen LogP contribution is 2.24. The van der Waals surface area contributed by atoms with Crippen molar-refractivity contribution < 1.29 is 27.5 Å². The predicted molar refractivity (Wildman–Crippen MR) is 71.5 cm³/mol. The molecule has 0 saturated heterocycles. The number of amides is 1. The van der Waals surface area contributed by atoms with Crippen LogP contribution < -0.4 is 15.0 Å². The number of aromatic nitrogens is 2. The molecule has 0 unspecified atom stereocenters. The molecule has 0 saturated carbocycles. The van der Waals surface area contributed by atoms with Gasteiger partial charge in [0.15, 0.2) is 0 Å². The predicted octanol–water partition coefficient (Wildman–Crippen LogP) is -0.344. The summed E-state index contributed by atoms with van der Waals surface area (Å²) >= 11 is 0. The number of nitrogens with one attached hydrogen (secondary N) is 1. The summed E-state index contributed by atoms with van der Waals surface area (Å²) in [5.74, 6) is -0.784. The van der Waals surface area contributed by atoms with Crippen LogP contribution in [-0.4, -0.2) is 33.1 Å². The maximum absolute atomic E-state index is 12.4.